The van der Waals surface area contributed by atoms with Crippen LogP contribution in [0.1, 0.15) is 0 Å². The molecule has 2 rings (SSSR count). The third kappa shape index (κ3) is 3.47. The third-order valence-corrected chi connectivity index (χ3v) is 3.04. The topological polar surface area (TPSA) is 89.1 Å². The van der Waals surface area contributed by atoms with Gasteiger partial charge >= 0.3 is 5.69 Å². The molecule has 1 N–H and O–H groups in total. The molecule has 0 aliphatic heterocycles. The molecule has 2 heterocycles. The number of rotatable bonds is 6. The molecule has 1 amide bonds. The summed E-state index contributed by atoms with van der Waals surface area (Å²) in [6.07, 6.45) is 0.833. The number of carbonyl (C=O) groups is 1. The minimum absolute atomic E-state index is 0.134. The Morgan fingerprint density at radius 1 is 1.52 bits per heavy atom. The molecule has 2 aromatic rings. The maximum Gasteiger partial charge on any atom is 0.350 e. The molecule has 1 atom stereocenters. The number of amides is 1. The van der Waals surface area contributed by atoms with E-state index in [1.54, 1.807) is 31.4 Å². The van der Waals surface area contributed by atoms with E-state index in [9.17, 15) is 14.7 Å². The first-order valence-electron chi connectivity index (χ1n) is 6.48. The molecule has 0 fully saturated rings. The Morgan fingerprint density at radius 3 is 2.95 bits per heavy atom. The molecule has 0 radical (unpaired) electrons. The summed E-state index contributed by atoms with van der Waals surface area (Å²) in [6, 6.07) is 5.17. The number of carbonyl (C=O) groups excluding carboxylic acids is 1. The van der Waals surface area contributed by atoms with Crippen LogP contribution in [0.25, 0.3) is 5.65 Å². The van der Waals surface area contributed by atoms with Gasteiger partial charge in [-0.1, -0.05) is 6.07 Å². The van der Waals surface area contributed by atoms with E-state index in [4.69, 9.17) is 4.74 Å². The summed E-state index contributed by atoms with van der Waals surface area (Å²) in [5.74, 6) is -0.310. The summed E-state index contributed by atoms with van der Waals surface area (Å²) in [5.41, 5.74) is 0.113. The van der Waals surface area contributed by atoms with Crippen LogP contribution in [0.3, 0.4) is 0 Å². The molecule has 21 heavy (non-hydrogen) atoms. The van der Waals surface area contributed by atoms with Crippen molar-refractivity contribution < 1.29 is 14.6 Å². The average Bonchev–Trinajstić information content (AvgIpc) is 2.76. The molecule has 0 saturated carbocycles. The molecule has 2 aromatic heterocycles. The second-order valence-corrected chi connectivity index (χ2v) is 4.75. The fourth-order valence-corrected chi connectivity index (χ4v) is 1.98. The van der Waals surface area contributed by atoms with Crippen LogP contribution < -0.4 is 5.69 Å². The van der Waals surface area contributed by atoms with E-state index in [0.717, 1.165) is 4.68 Å². The second kappa shape index (κ2) is 6.51. The van der Waals surface area contributed by atoms with Gasteiger partial charge in [0.25, 0.3) is 0 Å². The van der Waals surface area contributed by atoms with Crippen LogP contribution in [-0.2, 0) is 16.1 Å². The Hall–Kier alpha value is -2.19. The van der Waals surface area contributed by atoms with E-state index in [-0.39, 0.29) is 31.3 Å². The van der Waals surface area contributed by atoms with Gasteiger partial charge in [-0.2, -0.15) is 0 Å². The monoisotopic (exact) mass is 294 g/mol. The molecule has 8 heteroatoms. The zero-order valence-electron chi connectivity index (χ0n) is 12.0. The van der Waals surface area contributed by atoms with Gasteiger partial charge in [-0.05, 0) is 12.1 Å². The smallest absolute Gasteiger partial charge is 0.350 e. The van der Waals surface area contributed by atoms with Crippen LogP contribution >= 0.6 is 0 Å². The van der Waals surface area contributed by atoms with Gasteiger partial charge in [0.05, 0.1) is 12.7 Å². The van der Waals surface area contributed by atoms with Crippen LogP contribution in [0, 0.1) is 0 Å². The summed E-state index contributed by atoms with van der Waals surface area (Å²) in [4.78, 5) is 25.4. The van der Waals surface area contributed by atoms with Gasteiger partial charge in [0, 0.05) is 26.9 Å². The minimum atomic E-state index is -0.762. The standard InChI is InChI=1S/C13H18N4O4/c1-15(7-10(18)9-21-2)12(19)8-17-13(20)16-6-4-3-5-11(16)14-17/h3-6,10,18H,7-9H2,1-2H3. The molecule has 0 saturated heterocycles. The number of nitrogens with zero attached hydrogens (tertiary/aromatic N) is 4. The normalized spacial score (nSPS) is 12.5. The van der Waals surface area contributed by atoms with Gasteiger partial charge in [-0.25, -0.2) is 9.48 Å². The van der Waals surface area contributed by atoms with Crippen LogP contribution in [0.15, 0.2) is 29.2 Å². The predicted molar refractivity (Wildman–Crippen MR) is 75.0 cm³/mol. The maximum absolute atomic E-state index is 12.0. The minimum Gasteiger partial charge on any atom is -0.389 e. The molecular weight excluding hydrogens is 276 g/mol. The van der Waals surface area contributed by atoms with Crippen molar-refractivity contribution in [2.24, 2.45) is 0 Å². The number of ether oxygens (including phenoxy) is 1. The first kappa shape index (κ1) is 15.2. The Kier molecular flexibility index (Phi) is 4.71. The molecule has 0 aliphatic rings. The predicted octanol–water partition coefficient (Wildman–Crippen LogP) is -1.04. The Morgan fingerprint density at radius 2 is 2.29 bits per heavy atom. The number of fused-ring (bicyclic) bond motifs is 1. The maximum atomic E-state index is 12.0. The van der Waals surface area contributed by atoms with E-state index in [2.05, 4.69) is 5.10 Å². The number of methoxy groups -OCH3 is 1. The highest BCUT2D eigenvalue weighted by molar-refractivity contribution is 5.75. The molecule has 114 valence electrons. The fourth-order valence-electron chi connectivity index (χ4n) is 1.98. The van der Waals surface area contributed by atoms with Gasteiger partial charge in [0.1, 0.15) is 6.54 Å². The zero-order chi connectivity index (χ0) is 15.4. The van der Waals surface area contributed by atoms with E-state index >= 15 is 0 Å². The number of aliphatic hydroxyl groups is 1. The van der Waals surface area contributed by atoms with Crippen LogP contribution in [-0.4, -0.2) is 63.5 Å². The van der Waals surface area contributed by atoms with Crippen molar-refractivity contribution in [1.82, 2.24) is 19.1 Å². The summed E-state index contributed by atoms with van der Waals surface area (Å²) in [5, 5.41) is 13.7. The van der Waals surface area contributed by atoms with Gasteiger partial charge in [0.2, 0.25) is 5.91 Å². The van der Waals surface area contributed by atoms with E-state index in [1.807, 2.05) is 0 Å². The summed E-state index contributed by atoms with van der Waals surface area (Å²) in [7, 11) is 3.03. The summed E-state index contributed by atoms with van der Waals surface area (Å²) < 4.78 is 7.28. The quantitative estimate of drug-likeness (QED) is 0.735. The zero-order valence-corrected chi connectivity index (χ0v) is 12.0. The lowest BCUT2D eigenvalue weighted by Gasteiger charge is -2.20. The molecule has 0 spiro atoms. The van der Waals surface area contributed by atoms with Crippen molar-refractivity contribution in [2.75, 3.05) is 27.3 Å². The highest BCUT2D eigenvalue weighted by Crippen LogP contribution is 1.97. The van der Waals surface area contributed by atoms with Gasteiger partial charge in [-0.15, -0.1) is 5.10 Å². The molecule has 0 aromatic carbocycles. The van der Waals surface area contributed by atoms with Crippen LogP contribution in [0.5, 0.6) is 0 Å². The fraction of sp³-hybridized carbons (Fsp3) is 0.462. The van der Waals surface area contributed by atoms with Crippen molar-refractivity contribution in [3.05, 3.63) is 34.9 Å². The van der Waals surface area contributed by atoms with Crippen molar-refractivity contribution in [3.8, 4) is 0 Å². The van der Waals surface area contributed by atoms with Gasteiger partial charge < -0.3 is 14.7 Å². The first-order valence-corrected chi connectivity index (χ1v) is 6.48. The Bertz CT molecular complexity index is 678. The van der Waals surface area contributed by atoms with Crippen molar-refractivity contribution >= 4 is 11.6 Å². The molecule has 0 aliphatic carbocycles. The van der Waals surface area contributed by atoms with Gasteiger partial charge in [-0.3, -0.25) is 9.20 Å². The molecule has 0 bridgehead atoms. The lowest BCUT2D eigenvalue weighted by molar-refractivity contribution is -0.132. The molecule has 1 unspecified atom stereocenters. The third-order valence-electron chi connectivity index (χ3n) is 3.04. The van der Waals surface area contributed by atoms with Crippen molar-refractivity contribution in [3.63, 3.8) is 0 Å². The average molecular weight is 294 g/mol. The van der Waals surface area contributed by atoms with Crippen molar-refractivity contribution in [2.45, 2.75) is 12.6 Å². The van der Waals surface area contributed by atoms with Crippen LogP contribution in [0.2, 0.25) is 0 Å². The number of likely N-dealkylation sites (N-methyl/N-ethyl adjacent to an activating group) is 1. The second-order valence-electron chi connectivity index (χ2n) is 4.75. The Balaban J connectivity index is 2.07. The van der Waals surface area contributed by atoms with E-state index < -0.39 is 6.10 Å². The first-order chi connectivity index (χ1) is 10.0. The number of hydrogen-bond acceptors (Lipinski definition) is 5. The van der Waals surface area contributed by atoms with E-state index in [1.165, 1.54) is 16.4 Å². The summed E-state index contributed by atoms with van der Waals surface area (Å²) >= 11 is 0. The number of pyridine rings is 1. The van der Waals surface area contributed by atoms with E-state index in [0.29, 0.717) is 5.65 Å². The number of aliphatic hydroxyl groups excluding tert-OH is 1. The molecule has 8 nitrogen and oxygen atoms in total. The number of hydrogen-bond donors (Lipinski definition) is 1. The number of aromatic nitrogens is 3. The van der Waals surface area contributed by atoms with Crippen LogP contribution in [0.4, 0.5) is 0 Å². The largest absolute Gasteiger partial charge is 0.389 e. The highest BCUT2D eigenvalue weighted by atomic mass is 16.5. The lowest BCUT2D eigenvalue weighted by atomic mass is 10.3. The SMILES string of the molecule is COCC(O)CN(C)C(=O)Cn1nc2ccccn2c1=O. The van der Waals surface area contributed by atoms with Gasteiger partial charge in [0.15, 0.2) is 5.65 Å². The highest BCUT2D eigenvalue weighted by Gasteiger charge is 2.16. The summed E-state index contributed by atoms with van der Waals surface area (Å²) in [6.45, 7) is 0.109. The molecular formula is C13H18N4O4. The lowest BCUT2D eigenvalue weighted by Crippen LogP contribution is -2.39. The Labute approximate surface area is 121 Å². The van der Waals surface area contributed by atoms with Crippen molar-refractivity contribution in [1.29, 1.82) is 0 Å².